The van der Waals surface area contributed by atoms with Gasteiger partial charge in [-0.3, -0.25) is 0 Å². The van der Waals surface area contributed by atoms with Crippen molar-refractivity contribution in [3.05, 3.63) is 17.7 Å². The number of rotatable bonds is 2. The van der Waals surface area contributed by atoms with Crippen molar-refractivity contribution in [2.24, 2.45) is 0 Å². The highest BCUT2D eigenvalue weighted by molar-refractivity contribution is 5.93. The Morgan fingerprint density at radius 3 is 2.35 bits per heavy atom. The molecule has 7 heteroatoms. The third kappa shape index (κ3) is 1.95. The van der Waals surface area contributed by atoms with E-state index in [2.05, 4.69) is 14.2 Å². The molecule has 0 amide bonds. The van der Waals surface area contributed by atoms with Crippen LogP contribution in [0.15, 0.2) is 12.1 Å². The number of hydrogen-bond acceptors (Lipinski definition) is 5. The lowest BCUT2D eigenvalue weighted by molar-refractivity contribution is -0.286. The van der Waals surface area contributed by atoms with Crippen LogP contribution in [0.4, 0.5) is 8.78 Å². The zero-order chi connectivity index (χ0) is 12.6. The predicted octanol–water partition coefficient (Wildman–Crippen LogP) is 1.80. The van der Waals surface area contributed by atoms with Crippen LogP contribution in [-0.2, 0) is 4.74 Å². The van der Waals surface area contributed by atoms with Crippen LogP contribution in [0.2, 0.25) is 0 Å². The van der Waals surface area contributed by atoms with Crippen LogP contribution in [0, 0.1) is 0 Å². The minimum absolute atomic E-state index is 0.0185. The van der Waals surface area contributed by atoms with Gasteiger partial charge in [0.05, 0.1) is 14.2 Å². The van der Waals surface area contributed by atoms with Crippen LogP contribution in [-0.4, -0.2) is 26.5 Å². The monoisotopic (exact) mass is 246 g/mol. The number of esters is 1. The Labute approximate surface area is 94.8 Å². The van der Waals surface area contributed by atoms with E-state index in [4.69, 9.17) is 4.74 Å². The van der Waals surface area contributed by atoms with E-state index in [0.717, 1.165) is 12.1 Å². The van der Waals surface area contributed by atoms with Gasteiger partial charge in [0.15, 0.2) is 11.5 Å². The van der Waals surface area contributed by atoms with Crippen LogP contribution in [0.1, 0.15) is 10.4 Å². The molecular formula is C10H8F2O5. The molecule has 0 radical (unpaired) electrons. The Bertz CT molecular complexity index is 472. The molecule has 0 spiro atoms. The summed E-state index contributed by atoms with van der Waals surface area (Å²) < 4.78 is 43.4. The van der Waals surface area contributed by atoms with Crippen molar-refractivity contribution in [3.8, 4) is 17.2 Å². The van der Waals surface area contributed by atoms with Crippen LogP contribution in [0.5, 0.6) is 17.2 Å². The summed E-state index contributed by atoms with van der Waals surface area (Å²) in [6, 6.07) is 2.23. The minimum atomic E-state index is -3.73. The van der Waals surface area contributed by atoms with Gasteiger partial charge < -0.3 is 18.9 Å². The third-order valence-corrected chi connectivity index (χ3v) is 2.13. The average molecular weight is 246 g/mol. The standard InChI is InChI=1S/C10H8F2O5/c1-14-6-4-8-7(16-10(11,12)17-8)3-5(6)9(13)15-2/h3-4H,1-2H3. The van der Waals surface area contributed by atoms with Gasteiger partial charge in [-0.2, -0.15) is 0 Å². The highest BCUT2D eigenvalue weighted by atomic mass is 19.3. The molecular weight excluding hydrogens is 238 g/mol. The van der Waals surface area contributed by atoms with Gasteiger partial charge in [-0.1, -0.05) is 0 Å². The fraction of sp³-hybridized carbons (Fsp3) is 0.300. The average Bonchev–Trinajstić information content (AvgIpc) is 2.59. The number of methoxy groups -OCH3 is 2. The SMILES string of the molecule is COC(=O)c1cc2c(cc1OC)OC(F)(F)O2. The van der Waals surface area contributed by atoms with Gasteiger partial charge in [-0.05, 0) is 0 Å². The van der Waals surface area contributed by atoms with Crippen LogP contribution in [0.25, 0.3) is 0 Å². The molecule has 1 heterocycles. The Morgan fingerprint density at radius 1 is 1.24 bits per heavy atom. The molecule has 1 aliphatic rings. The van der Waals surface area contributed by atoms with Crippen molar-refractivity contribution in [1.82, 2.24) is 0 Å². The Balaban J connectivity index is 2.48. The lowest BCUT2D eigenvalue weighted by atomic mass is 10.2. The molecule has 1 aliphatic heterocycles. The molecule has 0 N–H and O–H groups in total. The van der Waals surface area contributed by atoms with Gasteiger partial charge in [0, 0.05) is 12.1 Å². The number of carbonyl (C=O) groups excluding carboxylic acids is 1. The molecule has 2 rings (SSSR count). The molecule has 0 unspecified atom stereocenters. The summed E-state index contributed by atoms with van der Waals surface area (Å²) >= 11 is 0. The molecule has 0 aromatic heterocycles. The maximum atomic E-state index is 12.8. The summed E-state index contributed by atoms with van der Waals surface area (Å²) in [6.07, 6.45) is -3.73. The zero-order valence-electron chi connectivity index (χ0n) is 8.95. The highest BCUT2D eigenvalue weighted by Gasteiger charge is 2.44. The number of fused-ring (bicyclic) bond motifs is 1. The first-order chi connectivity index (χ1) is 7.96. The van der Waals surface area contributed by atoms with Gasteiger partial charge >= 0.3 is 12.3 Å². The van der Waals surface area contributed by atoms with E-state index in [1.807, 2.05) is 0 Å². The van der Waals surface area contributed by atoms with Crippen molar-refractivity contribution < 1.29 is 32.5 Å². The van der Waals surface area contributed by atoms with Crippen LogP contribution in [0.3, 0.4) is 0 Å². The molecule has 92 valence electrons. The number of ether oxygens (including phenoxy) is 4. The summed E-state index contributed by atoms with van der Waals surface area (Å²) in [5.41, 5.74) is -0.0185. The van der Waals surface area contributed by atoms with Crippen molar-refractivity contribution in [2.45, 2.75) is 6.29 Å². The predicted molar refractivity (Wildman–Crippen MR) is 50.5 cm³/mol. The molecule has 1 aromatic rings. The first kappa shape index (κ1) is 11.4. The fourth-order valence-corrected chi connectivity index (χ4v) is 1.42. The summed E-state index contributed by atoms with van der Waals surface area (Å²) in [4.78, 5) is 11.4. The first-order valence-electron chi connectivity index (χ1n) is 4.53. The summed E-state index contributed by atoms with van der Waals surface area (Å²) in [7, 11) is 2.46. The lowest BCUT2D eigenvalue weighted by Crippen LogP contribution is -2.25. The number of hydrogen-bond donors (Lipinski definition) is 0. The summed E-state index contributed by atoms with van der Waals surface area (Å²) in [5.74, 6) is -1.09. The molecule has 0 saturated heterocycles. The number of alkyl halides is 2. The number of benzene rings is 1. The van der Waals surface area contributed by atoms with Gasteiger partial charge in [-0.25, -0.2) is 4.79 Å². The molecule has 0 aliphatic carbocycles. The molecule has 0 bridgehead atoms. The maximum Gasteiger partial charge on any atom is 0.586 e. The van der Waals surface area contributed by atoms with E-state index in [1.54, 1.807) is 0 Å². The van der Waals surface area contributed by atoms with E-state index in [9.17, 15) is 13.6 Å². The van der Waals surface area contributed by atoms with Gasteiger partial charge in [0.1, 0.15) is 11.3 Å². The van der Waals surface area contributed by atoms with Crippen molar-refractivity contribution in [3.63, 3.8) is 0 Å². The van der Waals surface area contributed by atoms with Gasteiger partial charge in [0.2, 0.25) is 0 Å². The Kier molecular flexibility index (Phi) is 2.53. The number of carbonyl (C=O) groups is 1. The maximum absolute atomic E-state index is 12.8. The van der Waals surface area contributed by atoms with E-state index in [0.29, 0.717) is 0 Å². The molecule has 0 atom stereocenters. The number of halogens is 2. The largest absolute Gasteiger partial charge is 0.586 e. The first-order valence-corrected chi connectivity index (χ1v) is 4.53. The minimum Gasteiger partial charge on any atom is -0.496 e. The second kappa shape index (κ2) is 3.76. The highest BCUT2D eigenvalue weighted by Crippen LogP contribution is 2.44. The van der Waals surface area contributed by atoms with E-state index < -0.39 is 12.3 Å². The van der Waals surface area contributed by atoms with E-state index in [-0.39, 0.29) is 22.8 Å². The molecule has 17 heavy (non-hydrogen) atoms. The third-order valence-electron chi connectivity index (χ3n) is 2.13. The second-order valence-electron chi connectivity index (χ2n) is 3.16. The summed E-state index contributed by atoms with van der Waals surface area (Å²) in [6.45, 7) is 0. The fourth-order valence-electron chi connectivity index (χ4n) is 1.42. The van der Waals surface area contributed by atoms with Crippen molar-refractivity contribution in [2.75, 3.05) is 14.2 Å². The Hall–Kier alpha value is -2.05. The van der Waals surface area contributed by atoms with Crippen LogP contribution < -0.4 is 14.2 Å². The molecule has 5 nitrogen and oxygen atoms in total. The summed E-state index contributed by atoms with van der Waals surface area (Å²) in [5, 5.41) is 0. The van der Waals surface area contributed by atoms with Crippen molar-refractivity contribution >= 4 is 5.97 Å². The zero-order valence-corrected chi connectivity index (χ0v) is 8.95. The molecule has 0 saturated carbocycles. The van der Waals surface area contributed by atoms with Gasteiger partial charge in [-0.15, -0.1) is 8.78 Å². The Morgan fingerprint density at radius 2 is 1.82 bits per heavy atom. The molecule has 1 aromatic carbocycles. The van der Waals surface area contributed by atoms with Crippen LogP contribution >= 0.6 is 0 Å². The van der Waals surface area contributed by atoms with E-state index >= 15 is 0 Å². The van der Waals surface area contributed by atoms with E-state index in [1.165, 1.54) is 14.2 Å². The quantitative estimate of drug-likeness (QED) is 0.745. The van der Waals surface area contributed by atoms with Gasteiger partial charge in [0.25, 0.3) is 0 Å². The van der Waals surface area contributed by atoms with Crippen molar-refractivity contribution in [1.29, 1.82) is 0 Å². The normalized spacial score (nSPS) is 15.5. The lowest BCUT2D eigenvalue weighted by Gasteiger charge is -2.07. The molecule has 0 fully saturated rings. The topological polar surface area (TPSA) is 54.0 Å². The second-order valence-corrected chi connectivity index (χ2v) is 3.16. The smallest absolute Gasteiger partial charge is 0.496 e.